The molecule has 3 aromatic carbocycles. The number of allylic oxidation sites excluding steroid dienone is 2. The van der Waals surface area contributed by atoms with Crippen molar-refractivity contribution in [1.29, 1.82) is 0 Å². The van der Waals surface area contributed by atoms with Gasteiger partial charge in [-0.1, -0.05) is 55.1 Å². The predicted octanol–water partition coefficient (Wildman–Crippen LogP) is 7.61. The van der Waals surface area contributed by atoms with Crippen LogP contribution in [0.5, 0.6) is 0 Å². The summed E-state index contributed by atoms with van der Waals surface area (Å²) in [7, 11) is -0.263. The van der Waals surface area contributed by atoms with E-state index in [-0.39, 0.29) is 30.5 Å². The van der Waals surface area contributed by atoms with Crippen LogP contribution in [0.2, 0.25) is 13.1 Å². The monoisotopic (exact) mass is 431 g/mol. The summed E-state index contributed by atoms with van der Waals surface area (Å²) in [5, 5.41) is 0. The normalized spacial score (nSPS) is 14.0. The standard InChI is InChI=1S/C13H17Si.2C7H7.Ti/c1-9-10(2)13(14(3)4)12-8-6-5-7-11(9)12;2*1-7-5-3-2-4-6-7;/h5-8,13H,1-4H3;2*2-6H,1H2;/q;2*-1;+2. The van der Waals surface area contributed by atoms with Crippen molar-refractivity contribution in [2.75, 3.05) is 0 Å². The molecule has 0 spiro atoms. The smallest absolute Gasteiger partial charge is 0.199 e. The van der Waals surface area contributed by atoms with E-state index in [9.17, 15) is 0 Å². The molecule has 0 saturated carbocycles. The zero-order chi connectivity index (χ0) is 20.5. The molecule has 0 fully saturated rings. The van der Waals surface area contributed by atoms with Crippen molar-refractivity contribution >= 4 is 14.4 Å². The Hall–Kier alpha value is -1.93. The van der Waals surface area contributed by atoms with E-state index in [1.54, 1.807) is 11.1 Å². The molecule has 29 heavy (non-hydrogen) atoms. The van der Waals surface area contributed by atoms with Gasteiger partial charge in [0.15, 0.2) is 0 Å². The average Bonchev–Trinajstić information content (AvgIpc) is 2.95. The summed E-state index contributed by atoms with van der Waals surface area (Å²) in [5.74, 6) is 0. The van der Waals surface area contributed by atoms with Gasteiger partial charge in [0.1, 0.15) is 0 Å². The SMILES string of the molecule is CC1=C(C)C([Si](C)C)c2ccccc21.[CH2-]c1ccccc1.[CH2-]c1ccccc1.[Ti+2]. The molecule has 1 aliphatic carbocycles. The van der Waals surface area contributed by atoms with Crippen LogP contribution < -0.4 is 0 Å². The summed E-state index contributed by atoms with van der Waals surface area (Å²) in [4.78, 5) is 0. The molecule has 0 aliphatic heterocycles. The molecule has 0 nitrogen and oxygen atoms in total. The maximum Gasteiger partial charge on any atom is 2.00 e. The zero-order valence-corrected chi connectivity index (χ0v) is 20.6. The summed E-state index contributed by atoms with van der Waals surface area (Å²) >= 11 is 0. The second kappa shape index (κ2) is 12.6. The number of fused-ring (bicyclic) bond motifs is 1. The molecular formula is C27H31SiTi. The van der Waals surface area contributed by atoms with Gasteiger partial charge in [0, 0.05) is 0 Å². The fourth-order valence-electron chi connectivity index (χ4n) is 3.45. The molecule has 0 N–H and O–H groups in total. The van der Waals surface area contributed by atoms with Crippen LogP contribution in [0.1, 0.15) is 41.6 Å². The van der Waals surface area contributed by atoms with Crippen LogP contribution in [-0.4, -0.2) is 8.80 Å². The summed E-state index contributed by atoms with van der Waals surface area (Å²) in [6, 6.07) is 28.6. The van der Waals surface area contributed by atoms with Crippen molar-refractivity contribution in [2.24, 2.45) is 0 Å². The van der Waals surface area contributed by atoms with Gasteiger partial charge in [-0.25, -0.2) is 0 Å². The minimum Gasteiger partial charge on any atom is -0.199 e. The second-order valence-corrected chi connectivity index (χ2v) is 10.1. The van der Waals surface area contributed by atoms with Crippen molar-refractivity contribution in [2.45, 2.75) is 32.5 Å². The van der Waals surface area contributed by atoms with E-state index >= 15 is 0 Å². The van der Waals surface area contributed by atoms with Crippen molar-refractivity contribution in [3.8, 4) is 0 Å². The molecule has 1 radical (unpaired) electrons. The molecule has 2 heteroatoms. The Kier molecular flexibility index (Phi) is 10.9. The molecule has 0 saturated heterocycles. The van der Waals surface area contributed by atoms with Gasteiger partial charge in [0.05, 0.1) is 8.80 Å². The molecule has 1 atom stereocenters. The van der Waals surface area contributed by atoms with E-state index in [1.165, 1.54) is 11.1 Å². The van der Waals surface area contributed by atoms with Crippen LogP contribution >= 0.6 is 0 Å². The van der Waals surface area contributed by atoms with Gasteiger partial charge in [-0.15, -0.1) is 24.3 Å². The fourth-order valence-corrected chi connectivity index (χ4v) is 5.41. The van der Waals surface area contributed by atoms with Gasteiger partial charge in [-0.2, -0.15) is 49.2 Å². The largest absolute Gasteiger partial charge is 2.00 e. The Labute approximate surface area is 194 Å². The summed E-state index contributed by atoms with van der Waals surface area (Å²) in [6.07, 6.45) is 0. The molecule has 0 aromatic heterocycles. The Morgan fingerprint density at radius 3 is 1.45 bits per heavy atom. The van der Waals surface area contributed by atoms with Crippen LogP contribution in [0.4, 0.5) is 0 Å². The van der Waals surface area contributed by atoms with E-state index in [0.717, 1.165) is 16.7 Å². The molecule has 1 aliphatic rings. The first-order valence-corrected chi connectivity index (χ1v) is 12.3. The third kappa shape index (κ3) is 7.44. The number of hydrogen-bond acceptors (Lipinski definition) is 0. The molecule has 0 heterocycles. The predicted molar refractivity (Wildman–Crippen MR) is 127 cm³/mol. The van der Waals surface area contributed by atoms with Crippen molar-refractivity contribution in [3.05, 3.63) is 127 Å². The third-order valence-corrected chi connectivity index (χ3v) is 6.86. The van der Waals surface area contributed by atoms with Crippen molar-refractivity contribution < 1.29 is 21.7 Å². The van der Waals surface area contributed by atoms with E-state index in [4.69, 9.17) is 0 Å². The van der Waals surface area contributed by atoms with Gasteiger partial charge in [0.2, 0.25) is 0 Å². The molecule has 0 bridgehead atoms. The summed E-state index contributed by atoms with van der Waals surface area (Å²) in [6.45, 7) is 16.8. The van der Waals surface area contributed by atoms with Gasteiger partial charge < -0.3 is 0 Å². The maximum atomic E-state index is 3.72. The topological polar surface area (TPSA) is 0 Å². The summed E-state index contributed by atoms with van der Waals surface area (Å²) in [5.41, 5.74) is 9.06. The Morgan fingerprint density at radius 1 is 0.655 bits per heavy atom. The quantitative estimate of drug-likeness (QED) is 0.275. The van der Waals surface area contributed by atoms with Crippen LogP contribution in [0.25, 0.3) is 5.57 Å². The first-order chi connectivity index (χ1) is 13.4. The number of hydrogen-bond donors (Lipinski definition) is 0. The van der Waals surface area contributed by atoms with E-state index in [1.807, 2.05) is 60.7 Å². The fraction of sp³-hybridized carbons (Fsp3) is 0.185. The van der Waals surface area contributed by atoms with Crippen molar-refractivity contribution in [1.82, 2.24) is 0 Å². The maximum absolute atomic E-state index is 3.72. The van der Waals surface area contributed by atoms with E-state index < -0.39 is 0 Å². The Bertz CT molecular complexity index is 845. The van der Waals surface area contributed by atoms with Crippen LogP contribution in [0.3, 0.4) is 0 Å². The van der Waals surface area contributed by atoms with Crippen molar-refractivity contribution in [3.63, 3.8) is 0 Å². The molecule has 1 unspecified atom stereocenters. The van der Waals surface area contributed by atoms with Crippen LogP contribution in [0, 0.1) is 13.8 Å². The number of benzene rings is 3. The molecule has 0 amide bonds. The van der Waals surface area contributed by atoms with Gasteiger partial charge in [-0.3, -0.25) is 0 Å². The minimum absolute atomic E-state index is 0. The van der Waals surface area contributed by atoms with Gasteiger partial charge in [-0.05, 0) is 36.1 Å². The second-order valence-electron chi connectivity index (χ2n) is 7.38. The first-order valence-electron chi connectivity index (χ1n) is 9.72. The minimum atomic E-state index is -0.263. The third-order valence-electron chi connectivity index (χ3n) is 4.96. The molecular weight excluding hydrogens is 400 g/mol. The van der Waals surface area contributed by atoms with Crippen LogP contribution in [0.15, 0.2) is 90.5 Å². The van der Waals surface area contributed by atoms with Crippen LogP contribution in [-0.2, 0) is 21.7 Å². The van der Waals surface area contributed by atoms with E-state index in [2.05, 4.69) is 65.1 Å². The zero-order valence-electron chi connectivity index (χ0n) is 18.1. The average molecular weight is 431 g/mol. The summed E-state index contributed by atoms with van der Waals surface area (Å²) < 4.78 is 0. The molecule has 147 valence electrons. The molecule has 3 aromatic rings. The Morgan fingerprint density at radius 2 is 1.07 bits per heavy atom. The van der Waals surface area contributed by atoms with E-state index in [0.29, 0.717) is 0 Å². The Balaban J connectivity index is 0.000000237. The molecule has 4 rings (SSSR count). The number of rotatable bonds is 1. The van der Waals surface area contributed by atoms with Gasteiger partial charge >= 0.3 is 21.7 Å². The van der Waals surface area contributed by atoms with Gasteiger partial charge in [0.25, 0.3) is 0 Å². The first kappa shape index (κ1) is 25.1.